The first-order valence-electron chi connectivity index (χ1n) is 3.99. The molecule has 0 radical (unpaired) electrons. The van der Waals surface area contributed by atoms with E-state index in [9.17, 15) is 18.0 Å². The molecule has 84 valence electrons. The molecule has 1 aromatic rings. The Bertz CT molecular complexity index is 363. The number of alkyl halides is 3. The van der Waals surface area contributed by atoms with Crippen molar-refractivity contribution in [3.05, 3.63) is 10.0 Å². The zero-order chi connectivity index (χ0) is 11.6. The fraction of sp³-hybridized carbons (Fsp3) is 0.571. The lowest BCUT2D eigenvalue weighted by atomic mass is 10.1. The summed E-state index contributed by atoms with van der Waals surface area (Å²) < 4.78 is 36.4. The normalized spacial score (nSPS) is 13.9. The Kier molecular flexibility index (Phi) is 3.28. The Morgan fingerprint density at radius 2 is 2.13 bits per heavy atom. The molecule has 0 aliphatic rings. The summed E-state index contributed by atoms with van der Waals surface area (Å²) in [6, 6.07) is 0. The van der Waals surface area contributed by atoms with Gasteiger partial charge in [0.15, 0.2) is 0 Å². The smallest absolute Gasteiger partial charge is 0.445 e. The van der Waals surface area contributed by atoms with Gasteiger partial charge in [-0.1, -0.05) is 18.3 Å². The number of halogens is 3. The third-order valence-corrected chi connectivity index (χ3v) is 2.77. The molecular formula is C7H7F3N2O2S. The van der Waals surface area contributed by atoms with Crippen LogP contribution in [0.15, 0.2) is 0 Å². The van der Waals surface area contributed by atoms with Gasteiger partial charge in [0.1, 0.15) is 10.9 Å². The van der Waals surface area contributed by atoms with E-state index in [4.69, 9.17) is 5.11 Å². The van der Waals surface area contributed by atoms with Gasteiger partial charge in [-0.05, 0) is 6.42 Å². The van der Waals surface area contributed by atoms with Gasteiger partial charge in [0, 0.05) is 0 Å². The maximum Gasteiger partial charge on any atom is 0.445 e. The Labute approximate surface area is 86.8 Å². The number of carboxylic acid groups (broad SMARTS) is 1. The number of nitrogens with zero attached hydrogens (tertiary/aromatic N) is 2. The van der Waals surface area contributed by atoms with Crippen LogP contribution in [0.4, 0.5) is 13.2 Å². The average Bonchev–Trinajstić information content (AvgIpc) is 2.52. The van der Waals surface area contributed by atoms with Crippen LogP contribution in [-0.4, -0.2) is 21.3 Å². The van der Waals surface area contributed by atoms with E-state index in [1.54, 1.807) is 6.92 Å². The summed E-state index contributed by atoms with van der Waals surface area (Å²) in [5.41, 5.74) is 0. The lowest BCUT2D eigenvalue weighted by Crippen LogP contribution is -2.09. The first-order valence-corrected chi connectivity index (χ1v) is 4.81. The maximum atomic E-state index is 12.1. The second kappa shape index (κ2) is 4.13. The lowest BCUT2D eigenvalue weighted by Gasteiger charge is -2.03. The molecule has 1 aromatic heterocycles. The van der Waals surface area contributed by atoms with Crippen LogP contribution in [0.1, 0.15) is 29.3 Å². The molecule has 15 heavy (non-hydrogen) atoms. The van der Waals surface area contributed by atoms with Gasteiger partial charge in [0.05, 0.1) is 0 Å². The van der Waals surface area contributed by atoms with E-state index in [1.807, 2.05) is 0 Å². The van der Waals surface area contributed by atoms with Crippen molar-refractivity contribution in [3.8, 4) is 0 Å². The van der Waals surface area contributed by atoms with Crippen molar-refractivity contribution in [2.75, 3.05) is 0 Å². The Balaban J connectivity index is 2.97. The minimum Gasteiger partial charge on any atom is -0.481 e. The predicted octanol–water partition coefficient (Wildman–Crippen LogP) is 2.14. The summed E-state index contributed by atoms with van der Waals surface area (Å²) in [4.78, 5) is 10.6. The molecule has 8 heteroatoms. The first kappa shape index (κ1) is 11.9. The van der Waals surface area contributed by atoms with Crippen molar-refractivity contribution in [1.29, 1.82) is 0 Å². The van der Waals surface area contributed by atoms with Crippen molar-refractivity contribution in [2.45, 2.75) is 25.4 Å². The van der Waals surface area contributed by atoms with Gasteiger partial charge in [0.2, 0.25) is 5.01 Å². The van der Waals surface area contributed by atoms with Gasteiger partial charge in [-0.25, -0.2) is 0 Å². The van der Waals surface area contributed by atoms with E-state index >= 15 is 0 Å². The summed E-state index contributed by atoms with van der Waals surface area (Å²) >= 11 is 0.273. The summed E-state index contributed by atoms with van der Waals surface area (Å²) in [5, 5.41) is 13.6. The summed E-state index contributed by atoms with van der Waals surface area (Å²) in [6.07, 6.45) is -4.38. The van der Waals surface area contributed by atoms with E-state index in [0.29, 0.717) is 0 Å². The molecule has 0 amide bonds. The number of carbonyl (C=O) groups is 1. The SMILES string of the molecule is CCC(C(=O)O)c1nnc(C(F)(F)F)s1. The van der Waals surface area contributed by atoms with Crippen LogP contribution in [0.2, 0.25) is 0 Å². The first-order chi connectivity index (χ1) is 6.86. The fourth-order valence-corrected chi connectivity index (χ4v) is 1.83. The monoisotopic (exact) mass is 240 g/mol. The number of carboxylic acids is 1. The molecule has 0 bridgehead atoms. The maximum absolute atomic E-state index is 12.1. The van der Waals surface area contributed by atoms with Crippen molar-refractivity contribution in [1.82, 2.24) is 10.2 Å². The highest BCUT2D eigenvalue weighted by molar-refractivity contribution is 7.11. The molecule has 0 aliphatic carbocycles. The second-order valence-corrected chi connectivity index (χ2v) is 3.75. The van der Waals surface area contributed by atoms with Crippen LogP contribution in [0.3, 0.4) is 0 Å². The standard InChI is InChI=1S/C7H7F3N2O2S/c1-2-3(5(13)14)4-11-12-6(15-4)7(8,9)10/h3H,2H2,1H3,(H,13,14). The third-order valence-electron chi connectivity index (χ3n) is 1.69. The molecule has 0 aromatic carbocycles. The van der Waals surface area contributed by atoms with Crippen molar-refractivity contribution < 1.29 is 23.1 Å². The van der Waals surface area contributed by atoms with Gasteiger partial charge < -0.3 is 5.11 Å². The van der Waals surface area contributed by atoms with Gasteiger partial charge in [-0.2, -0.15) is 13.2 Å². The van der Waals surface area contributed by atoms with E-state index in [-0.39, 0.29) is 22.8 Å². The highest BCUT2D eigenvalue weighted by atomic mass is 32.1. The van der Waals surface area contributed by atoms with Crippen molar-refractivity contribution in [3.63, 3.8) is 0 Å². The summed E-state index contributed by atoms with van der Waals surface area (Å²) in [6.45, 7) is 1.56. The minimum absolute atomic E-state index is 0.114. The number of hydrogen-bond acceptors (Lipinski definition) is 4. The van der Waals surface area contributed by atoms with Gasteiger partial charge in [-0.15, -0.1) is 10.2 Å². The topological polar surface area (TPSA) is 63.1 Å². The molecule has 1 heterocycles. The van der Waals surface area contributed by atoms with Gasteiger partial charge in [0.25, 0.3) is 0 Å². The molecule has 0 spiro atoms. The zero-order valence-electron chi connectivity index (χ0n) is 7.58. The van der Waals surface area contributed by atoms with Gasteiger partial charge in [-0.3, -0.25) is 4.79 Å². The fourth-order valence-electron chi connectivity index (χ4n) is 0.945. The molecule has 1 unspecified atom stereocenters. The Morgan fingerprint density at radius 1 is 1.53 bits per heavy atom. The molecule has 0 aliphatic heterocycles. The van der Waals surface area contributed by atoms with E-state index in [0.717, 1.165) is 0 Å². The molecule has 1 N–H and O–H groups in total. The molecule has 1 atom stereocenters. The third kappa shape index (κ3) is 2.65. The Morgan fingerprint density at radius 3 is 2.47 bits per heavy atom. The minimum atomic E-state index is -4.56. The number of hydrogen-bond donors (Lipinski definition) is 1. The van der Waals surface area contributed by atoms with Crippen LogP contribution in [0, 0.1) is 0 Å². The van der Waals surface area contributed by atoms with Crippen LogP contribution in [0.5, 0.6) is 0 Å². The van der Waals surface area contributed by atoms with E-state index in [2.05, 4.69) is 10.2 Å². The summed E-state index contributed by atoms with van der Waals surface area (Å²) in [5.74, 6) is -2.21. The largest absolute Gasteiger partial charge is 0.481 e. The lowest BCUT2D eigenvalue weighted by molar-refractivity contribution is -0.139. The second-order valence-electron chi connectivity index (χ2n) is 2.74. The quantitative estimate of drug-likeness (QED) is 0.879. The van der Waals surface area contributed by atoms with Crippen molar-refractivity contribution >= 4 is 17.3 Å². The highest BCUT2D eigenvalue weighted by Gasteiger charge is 2.37. The highest BCUT2D eigenvalue weighted by Crippen LogP contribution is 2.34. The van der Waals surface area contributed by atoms with Crippen molar-refractivity contribution in [2.24, 2.45) is 0 Å². The molecular weight excluding hydrogens is 233 g/mol. The number of aliphatic carboxylic acids is 1. The summed E-state index contributed by atoms with van der Waals surface area (Å²) in [7, 11) is 0. The number of aromatic nitrogens is 2. The molecule has 0 fully saturated rings. The number of rotatable bonds is 3. The average molecular weight is 240 g/mol. The Hall–Kier alpha value is -1.18. The van der Waals surface area contributed by atoms with Crippen LogP contribution in [-0.2, 0) is 11.0 Å². The zero-order valence-corrected chi connectivity index (χ0v) is 8.39. The van der Waals surface area contributed by atoms with Crippen LogP contribution < -0.4 is 0 Å². The molecule has 1 rings (SSSR count). The van der Waals surface area contributed by atoms with E-state index in [1.165, 1.54) is 0 Å². The van der Waals surface area contributed by atoms with Gasteiger partial charge >= 0.3 is 12.1 Å². The predicted molar refractivity (Wildman–Crippen MR) is 45.6 cm³/mol. The molecule has 0 saturated heterocycles. The molecule has 4 nitrogen and oxygen atoms in total. The van der Waals surface area contributed by atoms with E-state index < -0.39 is 23.1 Å². The van der Waals surface area contributed by atoms with Crippen LogP contribution in [0.25, 0.3) is 0 Å². The molecule has 0 saturated carbocycles. The van der Waals surface area contributed by atoms with Crippen LogP contribution >= 0.6 is 11.3 Å².